The van der Waals surface area contributed by atoms with Crippen LogP contribution in [0.25, 0.3) is 10.9 Å². The third-order valence-electron chi connectivity index (χ3n) is 4.89. The van der Waals surface area contributed by atoms with Gasteiger partial charge in [-0.1, -0.05) is 12.1 Å². The van der Waals surface area contributed by atoms with E-state index in [-0.39, 0.29) is 18.6 Å². The number of anilines is 1. The van der Waals surface area contributed by atoms with Gasteiger partial charge in [0.2, 0.25) is 0 Å². The zero-order valence-corrected chi connectivity index (χ0v) is 15.9. The van der Waals surface area contributed by atoms with Gasteiger partial charge in [-0.3, -0.25) is 9.78 Å². The van der Waals surface area contributed by atoms with E-state index in [0.717, 1.165) is 33.7 Å². The summed E-state index contributed by atoms with van der Waals surface area (Å²) in [5.41, 5.74) is 2.81. The van der Waals surface area contributed by atoms with E-state index in [1.807, 2.05) is 48.5 Å². The Morgan fingerprint density at radius 3 is 2.79 bits per heavy atom. The van der Waals surface area contributed by atoms with Crippen LogP contribution < -0.4 is 14.4 Å². The van der Waals surface area contributed by atoms with Gasteiger partial charge in [0.25, 0.3) is 5.91 Å². The van der Waals surface area contributed by atoms with E-state index in [4.69, 9.17) is 14.2 Å². The summed E-state index contributed by atoms with van der Waals surface area (Å²) < 4.78 is 16.9. The topological polar surface area (TPSA) is 60.9 Å². The molecule has 0 aliphatic carbocycles. The summed E-state index contributed by atoms with van der Waals surface area (Å²) in [6.07, 6.45) is 1.54. The monoisotopic (exact) mass is 378 g/mol. The van der Waals surface area contributed by atoms with Crippen molar-refractivity contribution in [3.05, 3.63) is 60.3 Å². The Bertz CT molecular complexity index is 987. The molecule has 4 rings (SSSR count). The normalized spacial score (nSPS) is 17.0. The number of aromatic nitrogens is 1. The van der Waals surface area contributed by atoms with Gasteiger partial charge in [0.05, 0.1) is 13.7 Å². The first-order valence-electron chi connectivity index (χ1n) is 9.19. The number of morpholine rings is 1. The molecule has 1 aliphatic rings. The zero-order valence-electron chi connectivity index (χ0n) is 15.9. The average molecular weight is 378 g/mol. The second kappa shape index (κ2) is 7.86. The number of carbonyl (C=O) groups is 1. The minimum Gasteiger partial charge on any atom is -0.497 e. The van der Waals surface area contributed by atoms with Gasteiger partial charge in [-0.25, -0.2) is 0 Å². The van der Waals surface area contributed by atoms with E-state index < -0.39 is 0 Å². The molecule has 2 aromatic carbocycles. The lowest BCUT2D eigenvalue weighted by Gasteiger charge is -2.32. The number of carbonyl (C=O) groups excluding carboxylic acids is 1. The molecule has 0 saturated carbocycles. The van der Waals surface area contributed by atoms with E-state index in [2.05, 4.69) is 11.9 Å². The molecular formula is C22H22N2O4. The third kappa shape index (κ3) is 3.64. The van der Waals surface area contributed by atoms with Crippen LogP contribution in [0.3, 0.4) is 0 Å². The van der Waals surface area contributed by atoms with E-state index in [0.29, 0.717) is 13.2 Å². The Kier molecular flexibility index (Phi) is 5.12. The molecule has 3 aromatic rings. The molecule has 0 spiro atoms. The fourth-order valence-corrected chi connectivity index (χ4v) is 3.33. The van der Waals surface area contributed by atoms with Crippen LogP contribution in [-0.2, 0) is 9.53 Å². The van der Waals surface area contributed by atoms with Crippen molar-refractivity contribution in [3.63, 3.8) is 0 Å². The number of benzene rings is 2. The number of hydrogen-bond acceptors (Lipinski definition) is 5. The molecule has 0 radical (unpaired) electrons. The maximum Gasteiger partial charge on any atom is 0.253 e. The largest absolute Gasteiger partial charge is 0.497 e. The van der Waals surface area contributed by atoms with E-state index >= 15 is 0 Å². The Morgan fingerprint density at radius 2 is 2.00 bits per heavy atom. The molecule has 1 saturated heterocycles. The Hall–Kier alpha value is -3.12. The fourth-order valence-electron chi connectivity index (χ4n) is 3.33. The highest BCUT2D eigenvalue weighted by Gasteiger charge is 2.28. The molecule has 0 N–H and O–H groups in total. The minimum absolute atomic E-state index is 0.0347. The highest BCUT2D eigenvalue weighted by Crippen LogP contribution is 2.27. The number of rotatable bonds is 5. The van der Waals surface area contributed by atoms with Crippen LogP contribution in [0, 0.1) is 6.92 Å². The van der Waals surface area contributed by atoms with Crippen molar-refractivity contribution in [2.24, 2.45) is 0 Å². The number of methoxy groups -OCH3 is 1. The number of hydrogen-bond donors (Lipinski definition) is 0. The standard InChI is InChI=1S/C22H22N2O4/c1-15-5-10-20(22-19(15)4-3-11-23-22)28-13-18-12-24(21(25)14-27-18)16-6-8-17(26-2)9-7-16/h3-11,18H,12-14H2,1-2H3. The number of fused-ring (bicyclic) bond motifs is 1. The number of aryl methyl sites for hydroxylation is 1. The van der Waals surface area contributed by atoms with Crippen LogP contribution in [0.2, 0.25) is 0 Å². The Morgan fingerprint density at radius 1 is 1.18 bits per heavy atom. The van der Waals surface area contributed by atoms with Crippen LogP contribution in [0.15, 0.2) is 54.7 Å². The molecule has 1 atom stereocenters. The van der Waals surface area contributed by atoms with Crippen LogP contribution >= 0.6 is 0 Å². The van der Waals surface area contributed by atoms with Crippen LogP contribution in [0.1, 0.15) is 5.56 Å². The maximum absolute atomic E-state index is 12.3. The first-order valence-corrected chi connectivity index (χ1v) is 9.19. The average Bonchev–Trinajstić information content (AvgIpc) is 2.74. The highest BCUT2D eigenvalue weighted by molar-refractivity contribution is 5.95. The van der Waals surface area contributed by atoms with Crippen LogP contribution in [0.5, 0.6) is 11.5 Å². The van der Waals surface area contributed by atoms with Crippen molar-refractivity contribution in [2.75, 3.05) is 31.8 Å². The van der Waals surface area contributed by atoms with Crippen molar-refractivity contribution in [2.45, 2.75) is 13.0 Å². The molecule has 1 fully saturated rings. The number of ether oxygens (including phenoxy) is 3. The first-order chi connectivity index (χ1) is 13.7. The van der Waals surface area contributed by atoms with Gasteiger partial charge in [0, 0.05) is 17.3 Å². The second-order valence-electron chi connectivity index (χ2n) is 6.73. The van der Waals surface area contributed by atoms with Crippen LogP contribution in [-0.4, -0.2) is 43.9 Å². The summed E-state index contributed by atoms with van der Waals surface area (Å²) in [6.45, 7) is 2.86. The molecule has 1 unspecified atom stereocenters. The molecule has 28 heavy (non-hydrogen) atoms. The van der Waals surface area contributed by atoms with Gasteiger partial charge in [-0.05, 0) is 48.9 Å². The molecular weight excluding hydrogens is 356 g/mol. The first kappa shape index (κ1) is 18.3. The van der Waals surface area contributed by atoms with Gasteiger partial charge in [0.1, 0.15) is 36.3 Å². The minimum atomic E-state index is -0.222. The predicted octanol–water partition coefficient (Wildman–Crippen LogP) is 3.36. The van der Waals surface area contributed by atoms with Crippen molar-refractivity contribution in [1.29, 1.82) is 0 Å². The summed E-state index contributed by atoms with van der Waals surface area (Å²) in [7, 11) is 1.62. The zero-order chi connectivity index (χ0) is 19.5. The molecule has 1 aromatic heterocycles. The molecule has 1 amide bonds. The lowest BCUT2D eigenvalue weighted by molar-refractivity contribution is -0.130. The molecule has 6 nitrogen and oxygen atoms in total. The summed E-state index contributed by atoms with van der Waals surface area (Å²) in [4.78, 5) is 18.5. The van der Waals surface area contributed by atoms with Crippen molar-refractivity contribution in [3.8, 4) is 11.5 Å². The van der Waals surface area contributed by atoms with Crippen molar-refractivity contribution < 1.29 is 19.0 Å². The Balaban J connectivity index is 1.47. The number of pyridine rings is 1. The summed E-state index contributed by atoms with van der Waals surface area (Å²) in [5.74, 6) is 1.41. The van der Waals surface area contributed by atoms with Gasteiger partial charge in [-0.15, -0.1) is 0 Å². The maximum atomic E-state index is 12.3. The fraction of sp³-hybridized carbons (Fsp3) is 0.273. The summed E-state index contributed by atoms with van der Waals surface area (Å²) >= 11 is 0. The summed E-state index contributed by atoms with van der Waals surface area (Å²) in [6, 6.07) is 15.3. The van der Waals surface area contributed by atoms with E-state index in [1.54, 1.807) is 18.2 Å². The number of nitrogens with zero attached hydrogens (tertiary/aromatic N) is 2. The lowest BCUT2D eigenvalue weighted by atomic mass is 10.1. The van der Waals surface area contributed by atoms with E-state index in [1.165, 1.54) is 0 Å². The van der Waals surface area contributed by atoms with Gasteiger partial charge in [0.15, 0.2) is 0 Å². The smallest absolute Gasteiger partial charge is 0.253 e. The number of amides is 1. The molecule has 0 bridgehead atoms. The molecule has 144 valence electrons. The summed E-state index contributed by atoms with van der Waals surface area (Å²) in [5, 5.41) is 1.07. The van der Waals surface area contributed by atoms with Gasteiger partial charge >= 0.3 is 0 Å². The van der Waals surface area contributed by atoms with Gasteiger partial charge < -0.3 is 19.1 Å². The van der Waals surface area contributed by atoms with Crippen LogP contribution in [0.4, 0.5) is 5.69 Å². The highest BCUT2D eigenvalue weighted by atomic mass is 16.5. The molecule has 6 heteroatoms. The second-order valence-corrected chi connectivity index (χ2v) is 6.73. The quantitative estimate of drug-likeness (QED) is 0.681. The SMILES string of the molecule is COc1ccc(N2CC(COc3ccc(C)c4cccnc34)OCC2=O)cc1. The predicted molar refractivity (Wildman–Crippen MR) is 107 cm³/mol. The van der Waals surface area contributed by atoms with E-state index in [9.17, 15) is 4.79 Å². The van der Waals surface area contributed by atoms with Crippen molar-refractivity contribution in [1.82, 2.24) is 4.98 Å². The third-order valence-corrected chi connectivity index (χ3v) is 4.89. The van der Waals surface area contributed by atoms with Crippen molar-refractivity contribution >= 4 is 22.5 Å². The molecule has 1 aliphatic heterocycles. The molecule has 2 heterocycles. The Labute approximate surface area is 163 Å². The lowest BCUT2D eigenvalue weighted by Crippen LogP contribution is -2.48. The van der Waals surface area contributed by atoms with Gasteiger partial charge in [-0.2, -0.15) is 0 Å².